The van der Waals surface area contributed by atoms with E-state index in [9.17, 15) is 30.6 Å². The minimum Gasteiger partial charge on any atom is -0.386 e. The van der Waals surface area contributed by atoms with Crippen LogP contribution in [-0.4, -0.2) is 30.6 Å². The molecule has 2 aromatic rings. The highest BCUT2D eigenvalue weighted by molar-refractivity contribution is 5.53. The largest absolute Gasteiger partial charge is 0.386 e. The van der Waals surface area contributed by atoms with E-state index in [0.29, 0.717) is 44.5 Å². The predicted molar refractivity (Wildman–Crippen MR) is 147 cm³/mol. The second-order valence-electron chi connectivity index (χ2n) is 13.6. The second-order valence-corrected chi connectivity index (χ2v) is 13.6. The summed E-state index contributed by atoms with van der Waals surface area (Å²) in [5, 5.41) is 66.6. The van der Waals surface area contributed by atoms with Crippen molar-refractivity contribution in [2.24, 2.45) is 0 Å². The highest BCUT2D eigenvalue weighted by Crippen LogP contribution is 2.42. The number of hydrogen-bond donors (Lipinski definition) is 6. The van der Waals surface area contributed by atoms with E-state index in [1.165, 1.54) is 0 Å². The van der Waals surface area contributed by atoms with Crippen molar-refractivity contribution in [2.45, 2.75) is 123 Å². The Morgan fingerprint density at radius 1 is 0.378 bits per heavy atom. The number of rotatable bonds is 8. The normalized spacial score (nSPS) is 14.3. The summed E-state index contributed by atoms with van der Waals surface area (Å²) < 4.78 is 0. The van der Waals surface area contributed by atoms with E-state index in [1.807, 2.05) is 0 Å². The fourth-order valence-electron chi connectivity index (χ4n) is 4.79. The lowest BCUT2D eigenvalue weighted by atomic mass is 9.74. The van der Waals surface area contributed by atoms with Gasteiger partial charge in [0.25, 0.3) is 0 Å². The Hall–Kier alpha value is -1.80. The lowest BCUT2D eigenvalue weighted by Gasteiger charge is -2.35. The van der Waals surface area contributed by atoms with Crippen molar-refractivity contribution in [3.05, 3.63) is 68.8 Å². The Morgan fingerprint density at radius 2 is 0.568 bits per heavy atom. The fraction of sp³-hybridized carbons (Fsp3) is 0.613. The average Bonchev–Trinajstić information content (AvgIpc) is 2.62. The number of benzene rings is 2. The molecule has 208 valence electrons. The molecule has 0 fully saturated rings. The van der Waals surface area contributed by atoms with Crippen LogP contribution < -0.4 is 0 Å². The predicted octanol–water partition coefficient (Wildman–Crippen LogP) is 4.64. The summed E-state index contributed by atoms with van der Waals surface area (Å²) >= 11 is 0. The molecule has 6 heteroatoms. The van der Waals surface area contributed by atoms with E-state index in [-0.39, 0.29) is 6.42 Å². The molecule has 6 nitrogen and oxygen atoms in total. The summed E-state index contributed by atoms with van der Waals surface area (Å²) in [5.74, 6) is 0. The molecule has 0 radical (unpaired) electrons. The fourth-order valence-corrected chi connectivity index (χ4v) is 4.79. The molecule has 0 spiro atoms. The first kappa shape index (κ1) is 31.4. The van der Waals surface area contributed by atoms with Crippen molar-refractivity contribution in [3.8, 4) is 0 Å². The third-order valence-electron chi connectivity index (χ3n) is 6.90. The maximum atomic E-state index is 11.2. The molecule has 0 heterocycles. The molecular weight excluding hydrogens is 468 g/mol. The van der Waals surface area contributed by atoms with E-state index < -0.39 is 33.6 Å². The third kappa shape index (κ3) is 7.20. The summed E-state index contributed by atoms with van der Waals surface area (Å²) in [7, 11) is 0. The van der Waals surface area contributed by atoms with Gasteiger partial charge in [0, 0.05) is 0 Å². The standard InChI is InChI=1S/C31H48O6/c1-26(2,32)18-13-22(28(5,6)34)20(23(14-18)29(7,8)35)17-21-24(30(9,10)36)15-19(27(3,4)33)16-25(21)31(11,12)37/h13-16,32-37H,17H2,1-12H3. The zero-order valence-electron chi connectivity index (χ0n) is 24.7. The van der Waals surface area contributed by atoms with Crippen molar-refractivity contribution in [1.29, 1.82) is 0 Å². The maximum Gasteiger partial charge on any atom is 0.0843 e. The summed E-state index contributed by atoms with van der Waals surface area (Å²) in [6.07, 6.45) is 0.176. The minimum atomic E-state index is -1.33. The van der Waals surface area contributed by atoms with Gasteiger partial charge in [-0.05, 0) is 158 Å². The molecule has 0 aliphatic carbocycles. The van der Waals surface area contributed by atoms with Crippen LogP contribution in [0.3, 0.4) is 0 Å². The van der Waals surface area contributed by atoms with Gasteiger partial charge in [0.15, 0.2) is 0 Å². The van der Waals surface area contributed by atoms with Gasteiger partial charge in [-0.3, -0.25) is 0 Å². The highest BCUT2D eigenvalue weighted by Gasteiger charge is 2.35. The van der Waals surface area contributed by atoms with Crippen LogP contribution in [0.5, 0.6) is 0 Å². The van der Waals surface area contributed by atoms with Crippen LogP contribution in [0.25, 0.3) is 0 Å². The smallest absolute Gasteiger partial charge is 0.0843 e. The molecule has 0 aliphatic heterocycles. The minimum absolute atomic E-state index is 0.176. The van der Waals surface area contributed by atoms with Gasteiger partial charge in [0.2, 0.25) is 0 Å². The van der Waals surface area contributed by atoms with Crippen molar-refractivity contribution in [3.63, 3.8) is 0 Å². The molecule has 0 bridgehead atoms. The second kappa shape index (κ2) is 9.44. The molecule has 0 amide bonds. The van der Waals surface area contributed by atoms with Gasteiger partial charge in [-0.25, -0.2) is 0 Å². The van der Waals surface area contributed by atoms with Crippen molar-refractivity contribution in [2.75, 3.05) is 0 Å². The molecule has 0 saturated carbocycles. The average molecular weight is 517 g/mol. The van der Waals surface area contributed by atoms with Crippen LogP contribution in [0, 0.1) is 0 Å². The van der Waals surface area contributed by atoms with Gasteiger partial charge in [-0.15, -0.1) is 0 Å². The molecule has 2 aromatic carbocycles. The van der Waals surface area contributed by atoms with Gasteiger partial charge in [0.1, 0.15) is 0 Å². The summed E-state index contributed by atoms with van der Waals surface area (Å²) in [5.41, 5.74) is -3.26. The quantitative estimate of drug-likeness (QED) is 0.304. The first-order valence-electron chi connectivity index (χ1n) is 12.9. The Morgan fingerprint density at radius 3 is 0.703 bits per heavy atom. The molecule has 37 heavy (non-hydrogen) atoms. The van der Waals surface area contributed by atoms with Gasteiger partial charge in [-0.1, -0.05) is 0 Å². The third-order valence-corrected chi connectivity index (χ3v) is 6.90. The summed E-state index contributed by atoms with van der Waals surface area (Å²) in [4.78, 5) is 0. The number of hydrogen-bond acceptors (Lipinski definition) is 6. The zero-order valence-corrected chi connectivity index (χ0v) is 24.7. The van der Waals surface area contributed by atoms with E-state index in [2.05, 4.69) is 0 Å². The number of aliphatic hydroxyl groups is 6. The van der Waals surface area contributed by atoms with Gasteiger partial charge < -0.3 is 30.6 Å². The van der Waals surface area contributed by atoms with Crippen LogP contribution >= 0.6 is 0 Å². The Balaban J connectivity index is 3.12. The Kier molecular flexibility index (Phi) is 8.01. The molecular formula is C31H48O6. The monoisotopic (exact) mass is 516 g/mol. The zero-order chi connectivity index (χ0) is 29.2. The van der Waals surface area contributed by atoms with E-state index >= 15 is 0 Å². The summed E-state index contributed by atoms with van der Waals surface area (Å²) in [6, 6.07) is 7.01. The summed E-state index contributed by atoms with van der Waals surface area (Å²) in [6.45, 7) is 19.8. The van der Waals surface area contributed by atoms with Crippen LogP contribution in [0.1, 0.15) is 128 Å². The molecule has 0 aliphatic rings. The van der Waals surface area contributed by atoms with E-state index in [1.54, 1.807) is 107 Å². The molecule has 2 rings (SSSR count). The van der Waals surface area contributed by atoms with Gasteiger partial charge in [0.05, 0.1) is 33.6 Å². The van der Waals surface area contributed by atoms with Gasteiger partial charge in [-0.2, -0.15) is 0 Å². The van der Waals surface area contributed by atoms with Crippen LogP contribution in [0.4, 0.5) is 0 Å². The first-order valence-corrected chi connectivity index (χ1v) is 12.9. The lowest BCUT2D eigenvalue weighted by Crippen LogP contribution is -2.30. The Bertz CT molecular complexity index is 974. The van der Waals surface area contributed by atoms with Crippen molar-refractivity contribution in [1.82, 2.24) is 0 Å². The molecule has 0 saturated heterocycles. The molecule has 6 N–H and O–H groups in total. The SMILES string of the molecule is CC(C)(O)c1cc(C(C)(C)O)c(Cc2c(C(C)(C)O)cc(C(C)(C)O)cc2C(C)(C)O)c(C(C)(C)O)c1. The molecule has 0 unspecified atom stereocenters. The molecule has 0 aromatic heterocycles. The van der Waals surface area contributed by atoms with Gasteiger partial charge >= 0.3 is 0 Å². The Labute approximate surface area is 222 Å². The van der Waals surface area contributed by atoms with E-state index in [4.69, 9.17) is 0 Å². The first-order chi connectivity index (χ1) is 16.1. The van der Waals surface area contributed by atoms with Crippen molar-refractivity contribution >= 4 is 0 Å². The topological polar surface area (TPSA) is 121 Å². The maximum absolute atomic E-state index is 11.2. The lowest BCUT2D eigenvalue weighted by molar-refractivity contribution is 0.0635. The molecule has 0 atom stereocenters. The van der Waals surface area contributed by atoms with E-state index in [0.717, 1.165) is 0 Å². The highest BCUT2D eigenvalue weighted by atomic mass is 16.3. The van der Waals surface area contributed by atoms with Crippen molar-refractivity contribution < 1.29 is 30.6 Å². The van der Waals surface area contributed by atoms with Crippen LogP contribution in [0.2, 0.25) is 0 Å². The van der Waals surface area contributed by atoms with Crippen LogP contribution in [-0.2, 0) is 40.0 Å². The van der Waals surface area contributed by atoms with Crippen LogP contribution in [0.15, 0.2) is 24.3 Å².